The monoisotopic (exact) mass is 644 g/mol. The molecule has 1 heterocycles. The van der Waals surface area contributed by atoms with Gasteiger partial charge in [-0.3, -0.25) is 0 Å². The van der Waals surface area contributed by atoms with Gasteiger partial charge < -0.3 is 15.5 Å². The van der Waals surface area contributed by atoms with Crippen LogP contribution >= 0.6 is 38.7 Å². The van der Waals surface area contributed by atoms with E-state index in [9.17, 15) is 0 Å². The molecule has 6 heteroatoms. The first-order valence-corrected chi connectivity index (χ1v) is 18.5. The van der Waals surface area contributed by atoms with Crippen molar-refractivity contribution in [1.82, 2.24) is 9.80 Å². The summed E-state index contributed by atoms with van der Waals surface area (Å²) in [6, 6.07) is 0.286. The maximum atomic E-state index is 7.27. The molecule has 0 saturated heterocycles. The van der Waals surface area contributed by atoms with Crippen LogP contribution in [0.2, 0.25) is 0 Å². The normalized spacial score (nSPS) is 19.6. The maximum Gasteiger partial charge on any atom is -0.0534 e. The maximum absolute atomic E-state index is 7.27. The third-order valence-electron chi connectivity index (χ3n) is 2.51. The fourth-order valence-corrected chi connectivity index (χ4v) is 1.68. The van der Waals surface area contributed by atoms with Gasteiger partial charge in [0.15, 0.2) is 0 Å². The summed E-state index contributed by atoms with van der Waals surface area (Å²) in [4.78, 5) is 4.00. The summed E-state index contributed by atoms with van der Waals surface area (Å²) >= 11 is 5.30. The molecule has 2 aliphatic rings. The van der Waals surface area contributed by atoms with Crippen LogP contribution in [0.15, 0.2) is 12.4 Å². The van der Waals surface area contributed by atoms with Gasteiger partial charge in [0.2, 0.25) is 0 Å². The minimum Gasteiger partial charge on any atom is -0.675 e. The second-order valence-corrected chi connectivity index (χ2v) is 20.7. The van der Waals surface area contributed by atoms with Gasteiger partial charge in [0.05, 0.1) is 0 Å². The minimum atomic E-state index is 0.286. The topological polar surface area (TPSA) is 30.3 Å². The average molecular weight is 644 g/mol. The summed E-state index contributed by atoms with van der Waals surface area (Å²) in [5, 5.41) is 0. The Labute approximate surface area is 135 Å². The first kappa shape index (κ1) is 18.4. The Morgan fingerprint density at radius 2 is 1.53 bits per heavy atom. The van der Waals surface area contributed by atoms with Crippen molar-refractivity contribution in [2.24, 2.45) is 0 Å². The largest absolute Gasteiger partial charge is 0.675 e. The fourth-order valence-electron chi connectivity index (χ4n) is 1.68. The quantitative estimate of drug-likeness (QED) is 0.286. The zero-order chi connectivity index (χ0) is 13.1. The van der Waals surface area contributed by atoms with Gasteiger partial charge in [-0.1, -0.05) is 32.1 Å². The van der Waals surface area contributed by atoms with E-state index in [4.69, 9.17) is 5.73 Å². The molecule has 1 aliphatic heterocycles. The van der Waals surface area contributed by atoms with E-state index in [0.717, 1.165) is 12.8 Å². The Bertz CT molecular complexity index is 189. The number of hydrogen-bond acceptors (Lipinski definition) is 2. The van der Waals surface area contributed by atoms with Crippen molar-refractivity contribution in [3.63, 3.8) is 0 Å². The van der Waals surface area contributed by atoms with E-state index in [1.165, 1.54) is 19.3 Å². The van der Waals surface area contributed by atoms with E-state index in [1.54, 1.807) is 0 Å². The van der Waals surface area contributed by atoms with Gasteiger partial charge in [0, 0.05) is 0 Å². The summed E-state index contributed by atoms with van der Waals surface area (Å²) < 4.78 is 0. The minimum absolute atomic E-state index is 0.286. The second-order valence-electron chi connectivity index (χ2n) is 4.12. The van der Waals surface area contributed by atoms with Crippen LogP contribution in [0, 0.1) is 6.67 Å². The predicted octanol–water partition coefficient (Wildman–Crippen LogP) is 4.59. The van der Waals surface area contributed by atoms with E-state index in [-0.39, 0.29) is 6.04 Å². The van der Waals surface area contributed by atoms with E-state index >= 15 is 0 Å². The molecule has 0 aromatic heterocycles. The molecule has 0 unspecified atom stereocenters. The fraction of sp³-hybridized carbons (Fsp3) is 0.727. The molecular weight excluding hydrogens is 623 g/mol. The number of nitrogens with zero attached hydrogens (tertiary/aromatic N) is 2. The molecule has 104 valence electrons. The molecule has 2 rings (SSSR count). The van der Waals surface area contributed by atoms with Crippen LogP contribution in [0.1, 0.15) is 32.1 Å². The molecule has 0 bridgehead atoms. The van der Waals surface area contributed by atoms with E-state index in [2.05, 4.69) is 38.7 Å². The Hall–Kier alpha value is 1.45. The Morgan fingerprint density at radius 1 is 1.12 bits per heavy atom. The van der Waals surface area contributed by atoms with Gasteiger partial charge in [-0.05, 0) is 26.5 Å². The SMILES string of the molecule is CN1C=CN(C)[CH-]1.[I][Pt+2][I].[NH-]C1CCCCC1. The summed E-state index contributed by atoms with van der Waals surface area (Å²) in [6.07, 6.45) is 10.3. The van der Waals surface area contributed by atoms with Crippen LogP contribution in [0.5, 0.6) is 0 Å². The number of rotatable bonds is 0. The summed E-state index contributed by atoms with van der Waals surface area (Å²) in [5.74, 6) is 0. The van der Waals surface area contributed by atoms with Gasteiger partial charge in [-0.15, -0.1) is 6.04 Å². The van der Waals surface area contributed by atoms with Gasteiger partial charge in [-0.25, -0.2) is 0 Å². The second kappa shape index (κ2) is 12.5. The summed E-state index contributed by atoms with van der Waals surface area (Å²) in [6.45, 7) is 2.00. The average Bonchev–Trinajstić information content (AvgIpc) is 2.65. The molecule has 1 saturated carbocycles. The molecule has 17 heavy (non-hydrogen) atoms. The predicted molar refractivity (Wildman–Crippen MR) is 88.2 cm³/mol. The summed E-state index contributed by atoms with van der Waals surface area (Å²) in [5.41, 5.74) is 7.27. The number of halogens is 2. The van der Waals surface area contributed by atoms with Crippen LogP contribution < -0.4 is 0 Å². The van der Waals surface area contributed by atoms with Crippen molar-refractivity contribution < 1.29 is 11.2 Å². The molecule has 1 fully saturated rings. The van der Waals surface area contributed by atoms with Crippen LogP contribution in [0.4, 0.5) is 0 Å². The molecule has 1 N–H and O–H groups in total. The van der Waals surface area contributed by atoms with Gasteiger partial charge in [0.25, 0.3) is 0 Å². The van der Waals surface area contributed by atoms with Crippen LogP contribution in [-0.2, 0) is 11.2 Å². The van der Waals surface area contributed by atoms with E-state index < -0.39 is 0 Å². The zero-order valence-corrected chi connectivity index (χ0v) is 16.9. The standard InChI is InChI=1S/C6H12N.C5H9N2.2HI.Pt/c7-6-4-2-1-3-5-6;1-6-3-4-7(2)5-6;;;/h6-7H,1-5H2;3-5H,1-2H3;2*1H;/q2*-1;;;+4/p-2. The number of nitrogens with one attached hydrogen (secondary N) is 1. The van der Waals surface area contributed by atoms with E-state index in [0.29, 0.717) is 11.2 Å². The molecule has 0 amide bonds. The molecule has 0 aromatic rings. The van der Waals surface area contributed by atoms with Crippen LogP contribution in [0.25, 0.3) is 5.73 Å². The van der Waals surface area contributed by atoms with Crippen molar-refractivity contribution in [2.45, 2.75) is 38.1 Å². The molecule has 3 nitrogen and oxygen atoms in total. The Morgan fingerprint density at radius 3 is 1.71 bits per heavy atom. The Balaban J connectivity index is 0.000000247. The van der Waals surface area contributed by atoms with Crippen LogP contribution in [-0.4, -0.2) is 29.9 Å². The first-order valence-electron chi connectivity index (χ1n) is 5.60. The van der Waals surface area contributed by atoms with Gasteiger partial charge >= 0.3 is 49.9 Å². The summed E-state index contributed by atoms with van der Waals surface area (Å²) in [7, 11) is 4.00. The van der Waals surface area contributed by atoms with Crippen molar-refractivity contribution >= 4 is 38.7 Å². The van der Waals surface area contributed by atoms with Crippen molar-refractivity contribution in [3.05, 3.63) is 24.8 Å². The third kappa shape index (κ3) is 12.2. The zero-order valence-electron chi connectivity index (χ0n) is 10.3. The molecule has 0 aromatic carbocycles. The molecule has 1 aliphatic carbocycles. The molecule has 0 radical (unpaired) electrons. The van der Waals surface area contributed by atoms with Crippen LogP contribution in [0.3, 0.4) is 0 Å². The molecular formula is C11H21I2N3Pt. The smallest absolute Gasteiger partial charge is 0.0534 e. The number of hydrogen-bond donors (Lipinski definition) is 0. The third-order valence-corrected chi connectivity index (χ3v) is 2.51. The van der Waals surface area contributed by atoms with Gasteiger partial charge in [0.1, 0.15) is 0 Å². The van der Waals surface area contributed by atoms with Crippen molar-refractivity contribution in [2.75, 3.05) is 14.1 Å². The van der Waals surface area contributed by atoms with E-state index in [1.807, 2.05) is 43.0 Å². The van der Waals surface area contributed by atoms with Crippen molar-refractivity contribution in [1.29, 1.82) is 0 Å². The molecule has 0 spiro atoms. The first-order chi connectivity index (χ1) is 8.10. The Kier molecular flexibility index (Phi) is 13.5. The van der Waals surface area contributed by atoms with Gasteiger partial charge in [-0.2, -0.15) is 6.67 Å². The molecule has 0 atom stereocenters. The van der Waals surface area contributed by atoms with Crippen molar-refractivity contribution in [3.8, 4) is 0 Å².